The number of nitrogens with one attached hydrogen (secondary N) is 1. The molecule has 0 radical (unpaired) electrons. The minimum Gasteiger partial charge on any atom is -0.277 e. The molecular formula is C12H18N2O5S. The standard InChI is InChI=1S/C12H18N2O5S/c1-7(2)9-10(15)13-12(17)14(11(9)16)5-8-3-4-20(18,19)6-8/h7-9H,3-6H2,1-2H3,(H,13,15,17). The maximum Gasteiger partial charge on any atom is 0.330 e. The van der Waals surface area contributed by atoms with Crippen LogP contribution >= 0.6 is 0 Å². The minimum absolute atomic E-state index is 0.00957. The Labute approximate surface area is 117 Å². The van der Waals surface area contributed by atoms with Crippen molar-refractivity contribution in [2.24, 2.45) is 17.8 Å². The molecule has 0 spiro atoms. The fraction of sp³-hybridized carbons (Fsp3) is 0.750. The second-order valence-electron chi connectivity index (χ2n) is 5.73. The van der Waals surface area contributed by atoms with E-state index in [9.17, 15) is 22.8 Å². The molecule has 4 amide bonds. The summed E-state index contributed by atoms with van der Waals surface area (Å²) in [6, 6.07) is -0.749. The zero-order valence-electron chi connectivity index (χ0n) is 11.5. The number of hydrogen-bond donors (Lipinski definition) is 1. The first kappa shape index (κ1) is 15.0. The van der Waals surface area contributed by atoms with Gasteiger partial charge in [0.1, 0.15) is 5.92 Å². The predicted molar refractivity (Wildman–Crippen MR) is 70.3 cm³/mol. The molecule has 2 rings (SSSR count). The van der Waals surface area contributed by atoms with Gasteiger partial charge < -0.3 is 0 Å². The van der Waals surface area contributed by atoms with E-state index >= 15 is 0 Å². The first-order valence-corrected chi connectivity index (χ1v) is 8.40. The van der Waals surface area contributed by atoms with Gasteiger partial charge in [0.05, 0.1) is 11.5 Å². The van der Waals surface area contributed by atoms with Crippen molar-refractivity contribution in [3.63, 3.8) is 0 Å². The van der Waals surface area contributed by atoms with Crippen molar-refractivity contribution in [2.45, 2.75) is 20.3 Å². The Balaban J connectivity index is 2.12. The lowest BCUT2D eigenvalue weighted by atomic mass is 9.91. The van der Waals surface area contributed by atoms with Crippen molar-refractivity contribution in [3.05, 3.63) is 0 Å². The lowest BCUT2D eigenvalue weighted by molar-refractivity contribution is -0.144. The lowest BCUT2D eigenvalue weighted by Crippen LogP contribution is -2.60. The van der Waals surface area contributed by atoms with Crippen molar-refractivity contribution in [2.75, 3.05) is 18.1 Å². The molecule has 2 unspecified atom stereocenters. The van der Waals surface area contributed by atoms with E-state index in [1.165, 1.54) is 0 Å². The Hall–Kier alpha value is -1.44. The Morgan fingerprint density at radius 1 is 1.30 bits per heavy atom. The molecule has 2 atom stereocenters. The summed E-state index contributed by atoms with van der Waals surface area (Å²) in [5.74, 6) is -2.37. The molecule has 0 aromatic rings. The zero-order valence-corrected chi connectivity index (χ0v) is 12.3. The molecule has 2 heterocycles. The first-order chi connectivity index (χ1) is 9.21. The molecule has 2 saturated heterocycles. The van der Waals surface area contributed by atoms with Crippen molar-refractivity contribution in [1.82, 2.24) is 10.2 Å². The molecular weight excluding hydrogens is 284 g/mol. The van der Waals surface area contributed by atoms with Gasteiger partial charge in [-0.2, -0.15) is 0 Å². The van der Waals surface area contributed by atoms with E-state index < -0.39 is 33.6 Å². The monoisotopic (exact) mass is 302 g/mol. The van der Waals surface area contributed by atoms with Gasteiger partial charge in [0.2, 0.25) is 11.8 Å². The van der Waals surface area contributed by atoms with Gasteiger partial charge in [0.15, 0.2) is 9.84 Å². The molecule has 1 N–H and O–H groups in total. The molecule has 2 fully saturated rings. The van der Waals surface area contributed by atoms with Crippen LogP contribution in [0.15, 0.2) is 0 Å². The van der Waals surface area contributed by atoms with Crippen LogP contribution in [0.3, 0.4) is 0 Å². The van der Waals surface area contributed by atoms with Crippen LogP contribution in [0.4, 0.5) is 4.79 Å². The predicted octanol–water partition coefficient (Wildman–Crippen LogP) is -0.228. The summed E-state index contributed by atoms with van der Waals surface area (Å²) in [7, 11) is -3.06. The van der Waals surface area contributed by atoms with E-state index in [1.54, 1.807) is 13.8 Å². The average molecular weight is 302 g/mol. The molecule has 0 aliphatic carbocycles. The van der Waals surface area contributed by atoms with Gasteiger partial charge in [0, 0.05) is 6.54 Å². The number of barbiturate groups is 1. The Morgan fingerprint density at radius 2 is 1.95 bits per heavy atom. The van der Waals surface area contributed by atoms with Gasteiger partial charge in [-0.3, -0.25) is 19.8 Å². The summed E-state index contributed by atoms with van der Waals surface area (Å²) >= 11 is 0. The summed E-state index contributed by atoms with van der Waals surface area (Å²) in [4.78, 5) is 36.6. The van der Waals surface area contributed by atoms with E-state index in [-0.39, 0.29) is 29.9 Å². The highest BCUT2D eigenvalue weighted by molar-refractivity contribution is 7.91. The van der Waals surface area contributed by atoms with E-state index in [2.05, 4.69) is 5.32 Å². The minimum atomic E-state index is -3.06. The van der Waals surface area contributed by atoms with Crippen molar-refractivity contribution >= 4 is 27.7 Å². The molecule has 112 valence electrons. The van der Waals surface area contributed by atoms with E-state index in [4.69, 9.17) is 0 Å². The van der Waals surface area contributed by atoms with Gasteiger partial charge in [-0.25, -0.2) is 13.2 Å². The number of imide groups is 2. The first-order valence-electron chi connectivity index (χ1n) is 6.58. The number of carbonyl (C=O) groups excluding carboxylic acids is 3. The van der Waals surface area contributed by atoms with E-state index in [1.807, 2.05) is 0 Å². The molecule has 2 aliphatic rings. The molecule has 0 bridgehead atoms. The summed E-state index contributed by atoms with van der Waals surface area (Å²) in [6.45, 7) is 3.52. The highest BCUT2D eigenvalue weighted by atomic mass is 32.2. The quantitative estimate of drug-likeness (QED) is 0.726. The van der Waals surface area contributed by atoms with Crippen LogP contribution in [0.5, 0.6) is 0 Å². The fourth-order valence-electron chi connectivity index (χ4n) is 2.67. The SMILES string of the molecule is CC(C)C1C(=O)NC(=O)N(CC2CCS(=O)(=O)C2)C1=O. The van der Waals surface area contributed by atoms with Crippen LogP contribution in [0.1, 0.15) is 20.3 Å². The maximum absolute atomic E-state index is 12.2. The second-order valence-corrected chi connectivity index (χ2v) is 7.96. The third-order valence-electron chi connectivity index (χ3n) is 3.72. The Morgan fingerprint density at radius 3 is 2.45 bits per heavy atom. The number of carbonyl (C=O) groups is 3. The molecule has 7 nitrogen and oxygen atoms in total. The highest BCUT2D eigenvalue weighted by Gasteiger charge is 2.43. The van der Waals surface area contributed by atoms with Crippen molar-refractivity contribution < 1.29 is 22.8 Å². The van der Waals surface area contributed by atoms with Crippen LogP contribution in [0, 0.1) is 17.8 Å². The third-order valence-corrected chi connectivity index (χ3v) is 5.56. The smallest absolute Gasteiger partial charge is 0.277 e. The van der Waals surface area contributed by atoms with Gasteiger partial charge in [-0.05, 0) is 18.3 Å². The number of hydrogen-bond acceptors (Lipinski definition) is 5. The number of rotatable bonds is 3. The third kappa shape index (κ3) is 2.84. The normalized spacial score (nSPS) is 29.9. The number of urea groups is 1. The average Bonchev–Trinajstić information content (AvgIpc) is 2.63. The topological polar surface area (TPSA) is 101 Å². The molecule has 8 heteroatoms. The Bertz CT molecular complexity index is 554. The summed E-state index contributed by atoms with van der Waals surface area (Å²) in [5, 5.41) is 2.16. The van der Waals surface area contributed by atoms with Crippen LogP contribution in [-0.4, -0.2) is 49.2 Å². The van der Waals surface area contributed by atoms with Crippen LogP contribution < -0.4 is 5.32 Å². The van der Waals surface area contributed by atoms with E-state index in [0.29, 0.717) is 6.42 Å². The van der Waals surface area contributed by atoms with Gasteiger partial charge >= 0.3 is 6.03 Å². The molecule has 20 heavy (non-hydrogen) atoms. The lowest BCUT2D eigenvalue weighted by Gasteiger charge is -2.33. The molecule has 0 saturated carbocycles. The van der Waals surface area contributed by atoms with E-state index in [0.717, 1.165) is 4.90 Å². The second kappa shape index (κ2) is 5.16. The van der Waals surface area contributed by atoms with Crippen LogP contribution in [0.2, 0.25) is 0 Å². The summed E-state index contributed by atoms with van der Waals surface area (Å²) < 4.78 is 22.8. The number of sulfone groups is 1. The van der Waals surface area contributed by atoms with Crippen LogP contribution in [-0.2, 0) is 19.4 Å². The summed E-state index contributed by atoms with van der Waals surface area (Å²) in [6.07, 6.45) is 0.444. The molecule has 2 aliphatic heterocycles. The highest BCUT2D eigenvalue weighted by Crippen LogP contribution is 2.24. The maximum atomic E-state index is 12.2. The zero-order chi connectivity index (χ0) is 15.1. The van der Waals surface area contributed by atoms with Crippen molar-refractivity contribution in [1.29, 1.82) is 0 Å². The van der Waals surface area contributed by atoms with Gasteiger partial charge in [0.25, 0.3) is 0 Å². The fourth-order valence-corrected chi connectivity index (χ4v) is 4.52. The molecule has 0 aromatic carbocycles. The van der Waals surface area contributed by atoms with Gasteiger partial charge in [-0.15, -0.1) is 0 Å². The number of nitrogens with zero attached hydrogens (tertiary/aromatic N) is 1. The largest absolute Gasteiger partial charge is 0.330 e. The Kier molecular flexibility index (Phi) is 3.86. The number of amides is 4. The summed E-state index contributed by atoms with van der Waals surface area (Å²) in [5.41, 5.74) is 0. The van der Waals surface area contributed by atoms with Crippen LogP contribution in [0.25, 0.3) is 0 Å². The van der Waals surface area contributed by atoms with Gasteiger partial charge in [-0.1, -0.05) is 13.8 Å². The molecule has 0 aromatic heterocycles. The van der Waals surface area contributed by atoms with Crippen molar-refractivity contribution in [3.8, 4) is 0 Å².